The molecule has 0 aliphatic carbocycles. The second-order valence-electron chi connectivity index (χ2n) is 3.24. The highest BCUT2D eigenvalue weighted by Gasteiger charge is 2.11. The molecule has 2 nitrogen and oxygen atoms in total. The first kappa shape index (κ1) is 14.9. The van der Waals surface area contributed by atoms with E-state index in [9.17, 15) is 0 Å². The zero-order chi connectivity index (χ0) is 11.0. The zero-order valence-corrected chi connectivity index (χ0v) is 12.0. The predicted octanol–water partition coefficient (Wildman–Crippen LogP) is 3.86. The maximum Gasteiger partial charge on any atom is 0.186 e. The van der Waals surface area contributed by atoms with Gasteiger partial charge in [-0.15, -0.1) is 11.8 Å². The van der Waals surface area contributed by atoms with Crippen LogP contribution in [-0.2, 0) is 20.9 Å². The molecular weight excluding hydrogens is 235 g/mol. The van der Waals surface area contributed by atoms with Crippen molar-refractivity contribution >= 4 is 30.1 Å². The van der Waals surface area contributed by atoms with Gasteiger partial charge >= 0.3 is 0 Å². The Bertz CT molecular complexity index is 188. The van der Waals surface area contributed by atoms with Crippen LogP contribution in [-0.4, -0.2) is 24.5 Å². The molecule has 0 aromatic heterocycles. The Balaban J connectivity index is 3.60. The second-order valence-corrected chi connectivity index (χ2v) is 8.66. The SMILES string of the molecule is CCCOP(C)(=S)OCS[C@@H](C)CC. The molecule has 0 radical (unpaired) electrons. The highest BCUT2D eigenvalue weighted by atomic mass is 32.5. The third kappa shape index (κ3) is 8.25. The molecule has 0 saturated heterocycles. The van der Waals surface area contributed by atoms with Gasteiger partial charge in [0.1, 0.15) is 0 Å². The second kappa shape index (κ2) is 8.12. The van der Waals surface area contributed by atoms with Crippen LogP contribution >= 0.6 is 18.3 Å². The molecular formula is C9H21O2PS2. The maximum atomic E-state index is 5.57. The Labute approximate surface area is 97.3 Å². The Morgan fingerprint density at radius 2 is 2.00 bits per heavy atom. The summed E-state index contributed by atoms with van der Waals surface area (Å²) in [5.41, 5.74) is 0. The number of thioether (sulfide) groups is 1. The Kier molecular flexibility index (Phi) is 8.65. The fraction of sp³-hybridized carbons (Fsp3) is 1.00. The van der Waals surface area contributed by atoms with Crippen LogP contribution in [0.1, 0.15) is 33.6 Å². The summed E-state index contributed by atoms with van der Waals surface area (Å²) in [6.45, 7) is 7.09. The van der Waals surface area contributed by atoms with E-state index >= 15 is 0 Å². The molecule has 0 aliphatic rings. The van der Waals surface area contributed by atoms with Gasteiger partial charge in [-0.25, -0.2) is 0 Å². The van der Waals surface area contributed by atoms with Crippen molar-refractivity contribution in [3.8, 4) is 0 Å². The molecule has 0 spiro atoms. The van der Waals surface area contributed by atoms with E-state index in [2.05, 4.69) is 20.8 Å². The smallest absolute Gasteiger partial charge is 0.186 e. The van der Waals surface area contributed by atoms with Crippen LogP contribution in [0.2, 0.25) is 0 Å². The van der Waals surface area contributed by atoms with E-state index in [1.165, 1.54) is 0 Å². The van der Waals surface area contributed by atoms with E-state index in [0.29, 0.717) is 17.8 Å². The van der Waals surface area contributed by atoms with Crippen molar-refractivity contribution in [1.29, 1.82) is 0 Å². The molecule has 0 saturated carbocycles. The first-order chi connectivity index (χ1) is 6.52. The molecule has 0 aromatic carbocycles. The van der Waals surface area contributed by atoms with Gasteiger partial charge in [-0.2, -0.15) is 0 Å². The average Bonchev–Trinajstić information content (AvgIpc) is 2.14. The lowest BCUT2D eigenvalue weighted by atomic mass is 10.4. The van der Waals surface area contributed by atoms with Crippen molar-refractivity contribution in [2.75, 3.05) is 19.2 Å². The van der Waals surface area contributed by atoms with E-state index < -0.39 is 6.49 Å². The largest absolute Gasteiger partial charge is 0.329 e. The van der Waals surface area contributed by atoms with E-state index in [1.54, 1.807) is 11.8 Å². The molecule has 0 aromatic rings. The Hall–Kier alpha value is 0.920. The molecule has 0 bridgehead atoms. The van der Waals surface area contributed by atoms with Crippen LogP contribution in [0.15, 0.2) is 0 Å². The van der Waals surface area contributed by atoms with Gasteiger partial charge in [-0.05, 0) is 24.6 Å². The molecule has 14 heavy (non-hydrogen) atoms. The molecule has 1 unspecified atom stereocenters. The van der Waals surface area contributed by atoms with Crippen LogP contribution in [0, 0.1) is 0 Å². The molecule has 86 valence electrons. The van der Waals surface area contributed by atoms with Gasteiger partial charge in [0.2, 0.25) is 0 Å². The lowest BCUT2D eigenvalue weighted by Gasteiger charge is -2.18. The first-order valence-corrected chi connectivity index (χ1v) is 9.13. The third-order valence-electron chi connectivity index (χ3n) is 1.74. The van der Waals surface area contributed by atoms with Crippen molar-refractivity contribution in [3.05, 3.63) is 0 Å². The molecule has 5 heteroatoms. The minimum atomic E-state index is -1.96. The summed E-state index contributed by atoms with van der Waals surface area (Å²) in [7, 11) is 0. The summed E-state index contributed by atoms with van der Waals surface area (Å²) in [5.74, 6) is 0.659. The topological polar surface area (TPSA) is 18.5 Å². The van der Waals surface area contributed by atoms with Gasteiger partial charge in [0.05, 0.1) is 12.5 Å². The molecule has 0 fully saturated rings. The minimum absolute atomic E-state index is 0.635. The van der Waals surface area contributed by atoms with Crippen molar-refractivity contribution in [3.63, 3.8) is 0 Å². The lowest BCUT2D eigenvalue weighted by Crippen LogP contribution is -1.99. The molecule has 2 atom stereocenters. The van der Waals surface area contributed by atoms with Gasteiger partial charge in [0.15, 0.2) is 6.49 Å². The van der Waals surface area contributed by atoms with Gasteiger partial charge in [-0.3, -0.25) is 0 Å². The number of hydrogen-bond acceptors (Lipinski definition) is 4. The normalized spacial score (nSPS) is 17.7. The van der Waals surface area contributed by atoms with Crippen LogP contribution in [0.3, 0.4) is 0 Å². The minimum Gasteiger partial charge on any atom is -0.329 e. The average molecular weight is 256 g/mol. The fourth-order valence-corrected chi connectivity index (χ4v) is 3.33. The quantitative estimate of drug-likeness (QED) is 0.484. The van der Waals surface area contributed by atoms with Crippen LogP contribution < -0.4 is 0 Å². The molecule has 0 heterocycles. The molecule has 0 amide bonds. The monoisotopic (exact) mass is 256 g/mol. The predicted molar refractivity (Wildman–Crippen MR) is 69.7 cm³/mol. The van der Waals surface area contributed by atoms with E-state index in [0.717, 1.165) is 12.8 Å². The van der Waals surface area contributed by atoms with E-state index in [1.807, 2.05) is 6.66 Å². The summed E-state index contributed by atoms with van der Waals surface area (Å²) in [6, 6.07) is 0. The van der Waals surface area contributed by atoms with Gasteiger partial charge in [0.25, 0.3) is 0 Å². The van der Waals surface area contributed by atoms with Crippen molar-refractivity contribution in [1.82, 2.24) is 0 Å². The summed E-state index contributed by atoms with van der Waals surface area (Å²) in [4.78, 5) is 0. The summed E-state index contributed by atoms with van der Waals surface area (Å²) >= 11 is 7.05. The lowest BCUT2D eigenvalue weighted by molar-refractivity contribution is 0.278. The van der Waals surface area contributed by atoms with E-state index in [4.69, 9.17) is 20.9 Å². The van der Waals surface area contributed by atoms with Gasteiger partial charge in [0, 0.05) is 11.9 Å². The zero-order valence-electron chi connectivity index (χ0n) is 9.49. The standard InChI is InChI=1S/C9H21O2PS2/c1-5-7-10-12(4,13)11-8-14-9(3)6-2/h9H,5-8H2,1-4H3/t9-,12?/m0/s1. The number of rotatable bonds is 8. The van der Waals surface area contributed by atoms with Crippen LogP contribution in [0.25, 0.3) is 0 Å². The van der Waals surface area contributed by atoms with Crippen LogP contribution in [0.4, 0.5) is 0 Å². The Morgan fingerprint density at radius 3 is 2.50 bits per heavy atom. The highest BCUT2D eigenvalue weighted by Crippen LogP contribution is 2.45. The maximum absolute atomic E-state index is 5.57. The number of hydrogen-bond donors (Lipinski definition) is 0. The van der Waals surface area contributed by atoms with Crippen molar-refractivity contribution in [2.45, 2.75) is 38.9 Å². The van der Waals surface area contributed by atoms with Gasteiger partial charge in [-0.1, -0.05) is 20.8 Å². The van der Waals surface area contributed by atoms with E-state index in [-0.39, 0.29) is 0 Å². The molecule has 0 aliphatic heterocycles. The van der Waals surface area contributed by atoms with Crippen LogP contribution in [0.5, 0.6) is 0 Å². The first-order valence-electron chi connectivity index (χ1n) is 5.00. The molecule has 0 rings (SSSR count). The third-order valence-corrected chi connectivity index (χ3v) is 4.96. The summed E-state index contributed by atoms with van der Waals surface area (Å²) < 4.78 is 11.1. The molecule has 0 N–H and O–H groups in total. The van der Waals surface area contributed by atoms with Crippen molar-refractivity contribution < 1.29 is 9.05 Å². The van der Waals surface area contributed by atoms with Gasteiger partial charge < -0.3 is 9.05 Å². The highest BCUT2D eigenvalue weighted by molar-refractivity contribution is 8.10. The summed E-state index contributed by atoms with van der Waals surface area (Å²) in [6.07, 6.45) is 2.16. The van der Waals surface area contributed by atoms with Crippen molar-refractivity contribution in [2.24, 2.45) is 0 Å². The fourth-order valence-electron chi connectivity index (χ4n) is 0.655. The Morgan fingerprint density at radius 1 is 1.36 bits per heavy atom. The summed E-state index contributed by atoms with van der Waals surface area (Å²) in [5, 5.41) is 0.635.